The molecule has 1 heterocycles. The Morgan fingerprint density at radius 1 is 0.900 bits per heavy atom. The molecule has 0 radical (unpaired) electrons. The second-order valence-corrected chi connectivity index (χ2v) is 9.08. The molecule has 0 aromatic heterocycles. The van der Waals surface area contributed by atoms with Crippen LogP contribution in [0.15, 0.2) is 53.4 Å². The van der Waals surface area contributed by atoms with Gasteiger partial charge in [0.1, 0.15) is 0 Å². The number of nitrogens with two attached hydrogens (primary N) is 1. The first-order valence-electron chi connectivity index (χ1n) is 10.1. The van der Waals surface area contributed by atoms with Crippen LogP contribution in [-0.2, 0) is 27.8 Å². The van der Waals surface area contributed by atoms with Crippen molar-refractivity contribution in [2.24, 2.45) is 5.14 Å². The molecule has 1 saturated heterocycles. The summed E-state index contributed by atoms with van der Waals surface area (Å²) >= 11 is 0. The minimum atomic E-state index is -3.71. The fraction of sp³-hybridized carbons (Fsp3) is 0.364. The van der Waals surface area contributed by atoms with Gasteiger partial charge in [0.25, 0.3) is 5.91 Å². The summed E-state index contributed by atoms with van der Waals surface area (Å²) in [4.78, 5) is 26.6. The van der Waals surface area contributed by atoms with Crippen LogP contribution in [-0.4, -0.2) is 38.2 Å². The van der Waals surface area contributed by atoms with E-state index in [4.69, 9.17) is 5.14 Å². The van der Waals surface area contributed by atoms with Crippen molar-refractivity contribution < 1.29 is 18.0 Å². The molecule has 2 amide bonds. The maximum absolute atomic E-state index is 12.5. The molecule has 0 saturated carbocycles. The lowest BCUT2D eigenvalue weighted by atomic mass is 10.1. The minimum absolute atomic E-state index is 0.0536. The lowest BCUT2D eigenvalue weighted by Crippen LogP contribution is -2.35. The third-order valence-corrected chi connectivity index (χ3v) is 6.16. The number of likely N-dealkylation sites (tertiary alicyclic amines) is 1. The van der Waals surface area contributed by atoms with Crippen molar-refractivity contribution in [2.45, 2.75) is 43.5 Å². The van der Waals surface area contributed by atoms with Crippen LogP contribution in [0.4, 0.5) is 0 Å². The molecule has 2 aromatic carbocycles. The molecule has 1 aliphatic rings. The standard InChI is InChI=1S/C22H27N3O4S/c23-30(28,29)20-11-6-17(7-12-20)8-13-21(26)24-16-18-4-9-19(10-5-18)22(27)25-14-2-1-3-15-25/h4-7,9-12H,1-3,8,13-16H2,(H,24,26)(H2,23,28,29). The number of rotatable bonds is 7. The van der Waals surface area contributed by atoms with Gasteiger partial charge in [0.2, 0.25) is 15.9 Å². The predicted octanol–water partition coefficient (Wildman–Crippen LogP) is 2.21. The Balaban J connectivity index is 1.44. The van der Waals surface area contributed by atoms with Crippen LogP contribution in [0.2, 0.25) is 0 Å². The molecule has 3 rings (SSSR count). The van der Waals surface area contributed by atoms with E-state index in [1.165, 1.54) is 18.6 Å². The lowest BCUT2D eigenvalue weighted by Gasteiger charge is -2.26. The number of aryl methyl sites for hydroxylation is 1. The van der Waals surface area contributed by atoms with Crippen LogP contribution in [0.3, 0.4) is 0 Å². The van der Waals surface area contributed by atoms with Crippen molar-refractivity contribution in [3.05, 3.63) is 65.2 Å². The highest BCUT2D eigenvalue weighted by molar-refractivity contribution is 7.89. The Morgan fingerprint density at radius 2 is 1.50 bits per heavy atom. The Kier molecular flexibility index (Phi) is 7.23. The number of amides is 2. The Bertz CT molecular complexity index is 980. The number of nitrogens with zero attached hydrogens (tertiary/aromatic N) is 1. The van der Waals surface area contributed by atoms with Gasteiger partial charge in [-0.25, -0.2) is 13.6 Å². The zero-order valence-corrected chi connectivity index (χ0v) is 17.7. The monoisotopic (exact) mass is 429 g/mol. The molecule has 8 heteroatoms. The highest BCUT2D eigenvalue weighted by atomic mass is 32.2. The van der Waals surface area contributed by atoms with Gasteiger partial charge in [0.05, 0.1) is 4.90 Å². The maximum Gasteiger partial charge on any atom is 0.253 e. The van der Waals surface area contributed by atoms with Crippen molar-refractivity contribution in [3.63, 3.8) is 0 Å². The third kappa shape index (κ3) is 6.14. The SMILES string of the molecule is NS(=O)(=O)c1ccc(CCC(=O)NCc2ccc(C(=O)N3CCCCC3)cc2)cc1. The summed E-state index contributed by atoms with van der Waals surface area (Å²) in [6, 6.07) is 13.5. The first kappa shape index (κ1) is 22.0. The number of benzene rings is 2. The average Bonchev–Trinajstić information content (AvgIpc) is 2.76. The van der Waals surface area contributed by atoms with Gasteiger partial charge < -0.3 is 10.2 Å². The van der Waals surface area contributed by atoms with Gasteiger partial charge in [-0.15, -0.1) is 0 Å². The van der Waals surface area contributed by atoms with E-state index in [1.807, 2.05) is 29.2 Å². The molecule has 0 aliphatic carbocycles. The van der Waals surface area contributed by atoms with E-state index in [1.54, 1.807) is 12.1 Å². The third-order valence-electron chi connectivity index (χ3n) is 5.23. The molecule has 1 fully saturated rings. The van der Waals surface area contributed by atoms with E-state index in [9.17, 15) is 18.0 Å². The van der Waals surface area contributed by atoms with E-state index in [0.717, 1.165) is 37.1 Å². The quantitative estimate of drug-likeness (QED) is 0.703. The van der Waals surface area contributed by atoms with E-state index in [0.29, 0.717) is 24.9 Å². The number of nitrogens with one attached hydrogen (secondary N) is 1. The molecule has 2 aromatic rings. The number of carbonyl (C=O) groups excluding carboxylic acids is 2. The summed E-state index contributed by atoms with van der Waals surface area (Å²) in [5.41, 5.74) is 2.46. The molecule has 160 valence electrons. The molecule has 0 unspecified atom stereocenters. The number of sulfonamides is 1. The summed E-state index contributed by atoms with van der Waals surface area (Å²) in [6.07, 6.45) is 4.10. The molecule has 30 heavy (non-hydrogen) atoms. The summed E-state index contributed by atoms with van der Waals surface area (Å²) in [5, 5.41) is 7.94. The molecule has 3 N–H and O–H groups in total. The smallest absolute Gasteiger partial charge is 0.253 e. The zero-order chi connectivity index (χ0) is 21.6. The Morgan fingerprint density at radius 3 is 2.10 bits per heavy atom. The minimum Gasteiger partial charge on any atom is -0.352 e. The molecule has 7 nitrogen and oxygen atoms in total. The second-order valence-electron chi connectivity index (χ2n) is 7.52. The number of piperidine rings is 1. The van der Waals surface area contributed by atoms with Gasteiger partial charge in [0.15, 0.2) is 0 Å². The average molecular weight is 430 g/mol. The van der Waals surface area contributed by atoms with Gasteiger partial charge >= 0.3 is 0 Å². The van der Waals surface area contributed by atoms with E-state index < -0.39 is 10.0 Å². The summed E-state index contributed by atoms with van der Waals surface area (Å²) in [6.45, 7) is 2.03. The van der Waals surface area contributed by atoms with Crippen molar-refractivity contribution in [1.82, 2.24) is 10.2 Å². The highest BCUT2D eigenvalue weighted by Crippen LogP contribution is 2.14. The first-order chi connectivity index (χ1) is 14.3. The molecular weight excluding hydrogens is 402 g/mol. The maximum atomic E-state index is 12.5. The molecule has 1 aliphatic heterocycles. The van der Waals surface area contributed by atoms with Crippen LogP contribution < -0.4 is 10.5 Å². The van der Waals surface area contributed by atoms with Crippen LogP contribution >= 0.6 is 0 Å². The van der Waals surface area contributed by atoms with Crippen molar-refractivity contribution in [1.29, 1.82) is 0 Å². The van der Waals surface area contributed by atoms with Crippen LogP contribution in [0.5, 0.6) is 0 Å². The summed E-state index contributed by atoms with van der Waals surface area (Å²) in [5.74, 6) is -0.0299. The lowest BCUT2D eigenvalue weighted by molar-refractivity contribution is -0.121. The van der Waals surface area contributed by atoms with Gasteiger partial charge in [-0.05, 0) is 61.1 Å². The van der Waals surface area contributed by atoms with Gasteiger partial charge in [-0.1, -0.05) is 24.3 Å². The van der Waals surface area contributed by atoms with Crippen molar-refractivity contribution >= 4 is 21.8 Å². The summed E-state index contributed by atoms with van der Waals surface area (Å²) in [7, 11) is -3.71. The fourth-order valence-electron chi connectivity index (χ4n) is 3.44. The second kappa shape index (κ2) is 9.86. The van der Waals surface area contributed by atoms with Crippen molar-refractivity contribution in [3.8, 4) is 0 Å². The van der Waals surface area contributed by atoms with E-state index in [2.05, 4.69) is 5.32 Å². The number of hydrogen-bond donors (Lipinski definition) is 2. The molecule has 0 bridgehead atoms. The Hall–Kier alpha value is -2.71. The van der Waals surface area contributed by atoms with Gasteiger partial charge in [0, 0.05) is 31.6 Å². The fourth-order valence-corrected chi connectivity index (χ4v) is 3.95. The number of carbonyl (C=O) groups is 2. The molecule has 0 atom stereocenters. The normalized spacial score (nSPS) is 14.4. The van der Waals surface area contributed by atoms with Crippen LogP contribution in [0, 0.1) is 0 Å². The summed E-state index contributed by atoms with van der Waals surface area (Å²) < 4.78 is 22.5. The van der Waals surface area contributed by atoms with Crippen LogP contribution in [0.25, 0.3) is 0 Å². The molecule has 0 spiro atoms. The van der Waals surface area contributed by atoms with E-state index >= 15 is 0 Å². The van der Waals surface area contributed by atoms with Gasteiger partial charge in [-0.2, -0.15) is 0 Å². The predicted molar refractivity (Wildman–Crippen MR) is 114 cm³/mol. The van der Waals surface area contributed by atoms with Crippen molar-refractivity contribution in [2.75, 3.05) is 13.1 Å². The topological polar surface area (TPSA) is 110 Å². The largest absolute Gasteiger partial charge is 0.352 e. The first-order valence-corrected chi connectivity index (χ1v) is 11.6. The van der Waals surface area contributed by atoms with Crippen LogP contribution in [0.1, 0.15) is 47.2 Å². The molecular formula is C22H27N3O4S. The zero-order valence-electron chi connectivity index (χ0n) is 16.8. The highest BCUT2D eigenvalue weighted by Gasteiger charge is 2.17. The van der Waals surface area contributed by atoms with E-state index in [-0.39, 0.29) is 16.7 Å². The number of primary sulfonamides is 1. The van der Waals surface area contributed by atoms with Gasteiger partial charge in [-0.3, -0.25) is 9.59 Å². The Labute approximate surface area is 177 Å². The number of hydrogen-bond acceptors (Lipinski definition) is 4.